The van der Waals surface area contributed by atoms with Crippen LogP contribution in [0.15, 0.2) is 30.3 Å². The number of carboxylic acid groups (broad SMARTS) is 1. The van der Waals surface area contributed by atoms with Crippen LogP contribution < -0.4 is 0 Å². The second kappa shape index (κ2) is 7.97. The molecule has 22 heavy (non-hydrogen) atoms. The molecule has 120 valence electrons. The van der Waals surface area contributed by atoms with E-state index in [4.69, 9.17) is 5.11 Å². The number of nitrogens with zero attached hydrogens (tertiary/aromatic N) is 1. The predicted octanol–water partition coefficient (Wildman–Crippen LogP) is 3.28. The van der Waals surface area contributed by atoms with Crippen LogP contribution in [0.3, 0.4) is 0 Å². The summed E-state index contributed by atoms with van der Waals surface area (Å²) in [7, 11) is 0. The normalized spacial score (nSPS) is 21.6. The highest BCUT2D eigenvalue weighted by molar-refractivity contribution is 5.76. The van der Waals surface area contributed by atoms with Gasteiger partial charge in [0.2, 0.25) is 5.91 Å². The first-order chi connectivity index (χ1) is 10.6. The molecular formula is C18H25NO3. The van der Waals surface area contributed by atoms with Gasteiger partial charge in [0.15, 0.2) is 0 Å². The summed E-state index contributed by atoms with van der Waals surface area (Å²) in [6, 6.07) is 10.5. The van der Waals surface area contributed by atoms with Crippen LogP contribution in [0.5, 0.6) is 0 Å². The fourth-order valence-electron chi connectivity index (χ4n) is 3.28. The Kier molecular flexibility index (Phi) is 5.99. The second-order valence-corrected chi connectivity index (χ2v) is 6.22. The highest BCUT2D eigenvalue weighted by atomic mass is 16.4. The van der Waals surface area contributed by atoms with Gasteiger partial charge in [0.05, 0.1) is 0 Å². The van der Waals surface area contributed by atoms with Crippen LogP contribution in [0.2, 0.25) is 0 Å². The summed E-state index contributed by atoms with van der Waals surface area (Å²) in [6.45, 7) is 3.82. The van der Waals surface area contributed by atoms with Gasteiger partial charge in [-0.15, -0.1) is 0 Å². The minimum Gasteiger partial charge on any atom is -0.481 e. The molecule has 2 rings (SSSR count). The van der Waals surface area contributed by atoms with Crippen LogP contribution in [0.4, 0.5) is 0 Å². The molecule has 1 aromatic carbocycles. The largest absolute Gasteiger partial charge is 0.481 e. The van der Waals surface area contributed by atoms with Gasteiger partial charge in [0.25, 0.3) is 0 Å². The molecule has 4 nitrogen and oxygen atoms in total. The number of aliphatic carboxylic acids is 1. The summed E-state index contributed by atoms with van der Waals surface area (Å²) in [5.74, 6) is 0.366. The lowest BCUT2D eigenvalue weighted by atomic mass is 9.81. The van der Waals surface area contributed by atoms with Crippen LogP contribution in [0.25, 0.3) is 0 Å². The molecule has 1 N–H and O–H groups in total. The van der Waals surface area contributed by atoms with Crippen LogP contribution in [0.1, 0.15) is 50.5 Å². The van der Waals surface area contributed by atoms with Crippen LogP contribution >= 0.6 is 0 Å². The molecule has 1 amide bonds. The lowest BCUT2D eigenvalue weighted by Gasteiger charge is -2.37. The zero-order chi connectivity index (χ0) is 15.9. The van der Waals surface area contributed by atoms with E-state index in [2.05, 4.69) is 31.2 Å². The van der Waals surface area contributed by atoms with Gasteiger partial charge in [-0.25, -0.2) is 0 Å². The van der Waals surface area contributed by atoms with Crippen molar-refractivity contribution >= 4 is 11.9 Å². The number of carbonyl (C=O) groups excluding carboxylic acids is 1. The number of rotatable bonds is 6. The predicted molar refractivity (Wildman–Crippen MR) is 85.6 cm³/mol. The molecular weight excluding hydrogens is 278 g/mol. The smallest absolute Gasteiger partial charge is 0.303 e. The Morgan fingerprint density at radius 1 is 1.18 bits per heavy atom. The van der Waals surface area contributed by atoms with Gasteiger partial charge in [-0.05, 0) is 36.7 Å². The van der Waals surface area contributed by atoms with Gasteiger partial charge in [0, 0.05) is 25.9 Å². The first-order valence-electron chi connectivity index (χ1n) is 8.12. The number of piperidine rings is 1. The Hall–Kier alpha value is -1.84. The number of carbonyl (C=O) groups is 2. The first-order valence-corrected chi connectivity index (χ1v) is 8.12. The van der Waals surface area contributed by atoms with Crippen LogP contribution in [-0.4, -0.2) is 35.0 Å². The van der Waals surface area contributed by atoms with Gasteiger partial charge in [-0.2, -0.15) is 0 Å². The maximum absolute atomic E-state index is 12.2. The second-order valence-electron chi connectivity index (χ2n) is 6.22. The molecule has 0 saturated carbocycles. The molecule has 0 aliphatic carbocycles. The van der Waals surface area contributed by atoms with E-state index in [0.29, 0.717) is 31.1 Å². The first kappa shape index (κ1) is 16.5. The molecule has 1 aliphatic heterocycles. The highest BCUT2D eigenvalue weighted by Gasteiger charge is 2.29. The van der Waals surface area contributed by atoms with E-state index >= 15 is 0 Å². The Bertz CT molecular complexity index is 500. The number of hydrogen-bond acceptors (Lipinski definition) is 2. The molecule has 1 saturated heterocycles. The quantitative estimate of drug-likeness (QED) is 0.820. The SMILES string of the molecule is CC1CN(C(=O)CCCCC(=O)O)CCC1c1ccccc1. The van der Waals surface area contributed by atoms with E-state index < -0.39 is 5.97 Å². The van der Waals surface area contributed by atoms with Crippen molar-refractivity contribution in [2.45, 2.75) is 44.9 Å². The van der Waals surface area contributed by atoms with Crippen molar-refractivity contribution in [2.75, 3.05) is 13.1 Å². The molecule has 0 spiro atoms. The average molecular weight is 303 g/mol. The molecule has 1 aromatic rings. The summed E-state index contributed by atoms with van der Waals surface area (Å²) in [6.07, 6.45) is 2.87. The van der Waals surface area contributed by atoms with Gasteiger partial charge in [-0.1, -0.05) is 37.3 Å². The Morgan fingerprint density at radius 2 is 1.86 bits per heavy atom. The molecule has 1 heterocycles. The summed E-state index contributed by atoms with van der Waals surface area (Å²) in [4.78, 5) is 24.6. The lowest BCUT2D eigenvalue weighted by Crippen LogP contribution is -2.42. The van der Waals surface area contributed by atoms with Crippen molar-refractivity contribution in [2.24, 2.45) is 5.92 Å². The van der Waals surface area contributed by atoms with E-state index in [0.717, 1.165) is 19.5 Å². The fourth-order valence-corrected chi connectivity index (χ4v) is 3.28. The molecule has 2 atom stereocenters. The number of amides is 1. The van der Waals surface area contributed by atoms with Gasteiger partial charge in [0.1, 0.15) is 0 Å². The Labute approximate surface area is 132 Å². The molecule has 0 radical (unpaired) electrons. The Balaban J connectivity index is 1.79. The molecule has 0 bridgehead atoms. The minimum absolute atomic E-state index is 0.153. The molecule has 1 aliphatic rings. The average Bonchev–Trinajstić information content (AvgIpc) is 2.52. The number of likely N-dealkylation sites (tertiary alicyclic amines) is 1. The standard InChI is InChI=1S/C18H25NO3/c1-14-13-19(17(20)9-5-6-10-18(21)22)12-11-16(14)15-7-3-2-4-8-15/h2-4,7-8,14,16H,5-6,9-13H2,1H3,(H,21,22). The summed E-state index contributed by atoms with van der Waals surface area (Å²) in [5, 5.41) is 8.60. The van der Waals surface area contributed by atoms with Crippen molar-refractivity contribution in [3.63, 3.8) is 0 Å². The molecule has 1 fully saturated rings. The van der Waals surface area contributed by atoms with E-state index in [9.17, 15) is 9.59 Å². The number of unbranched alkanes of at least 4 members (excludes halogenated alkanes) is 1. The van der Waals surface area contributed by atoms with Gasteiger partial charge >= 0.3 is 5.97 Å². The summed E-state index contributed by atoms with van der Waals surface area (Å²) in [5.41, 5.74) is 1.36. The number of benzene rings is 1. The van der Waals surface area contributed by atoms with E-state index in [-0.39, 0.29) is 12.3 Å². The highest BCUT2D eigenvalue weighted by Crippen LogP contribution is 2.32. The van der Waals surface area contributed by atoms with Gasteiger partial charge in [-0.3, -0.25) is 9.59 Å². The van der Waals surface area contributed by atoms with Crippen molar-refractivity contribution in [3.8, 4) is 0 Å². The maximum atomic E-state index is 12.2. The Morgan fingerprint density at radius 3 is 2.50 bits per heavy atom. The maximum Gasteiger partial charge on any atom is 0.303 e. The lowest BCUT2D eigenvalue weighted by molar-refractivity contribution is -0.138. The molecule has 0 aromatic heterocycles. The van der Waals surface area contributed by atoms with Crippen LogP contribution in [0, 0.1) is 5.92 Å². The number of hydrogen-bond donors (Lipinski definition) is 1. The third kappa shape index (κ3) is 4.58. The zero-order valence-corrected chi connectivity index (χ0v) is 13.2. The summed E-state index contributed by atoms with van der Waals surface area (Å²) >= 11 is 0. The molecule has 4 heteroatoms. The topological polar surface area (TPSA) is 57.6 Å². The van der Waals surface area contributed by atoms with Gasteiger partial charge < -0.3 is 10.0 Å². The van der Waals surface area contributed by atoms with Crippen molar-refractivity contribution in [3.05, 3.63) is 35.9 Å². The number of carboxylic acids is 1. The fraction of sp³-hybridized carbons (Fsp3) is 0.556. The van der Waals surface area contributed by atoms with Crippen molar-refractivity contribution < 1.29 is 14.7 Å². The van der Waals surface area contributed by atoms with Crippen LogP contribution in [-0.2, 0) is 9.59 Å². The van der Waals surface area contributed by atoms with E-state index in [1.165, 1.54) is 5.56 Å². The third-order valence-electron chi connectivity index (χ3n) is 4.52. The third-order valence-corrected chi connectivity index (χ3v) is 4.52. The monoisotopic (exact) mass is 303 g/mol. The van der Waals surface area contributed by atoms with Crippen molar-refractivity contribution in [1.29, 1.82) is 0 Å². The zero-order valence-electron chi connectivity index (χ0n) is 13.2. The van der Waals surface area contributed by atoms with E-state index in [1.54, 1.807) is 0 Å². The van der Waals surface area contributed by atoms with E-state index in [1.807, 2.05) is 11.0 Å². The molecule has 2 unspecified atom stereocenters. The minimum atomic E-state index is -0.787. The van der Waals surface area contributed by atoms with Crippen molar-refractivity contribution in [1.82, 2.24) is 4.90 Å². The summed E-state index contributed by atoms with van der Waals surface area (Å²) < 4.78 is 0.